The Morgan fingerprint density at radius 3 is 2.62 bits per heavy atom. The van der Waals surface area contributed by atoms with Crippen molar-refractivity contribution in [2.45, 2.75) is 25.9 Å². The fourth-order valence-corrected chi connectivity index (χ4v) is 3.35. The summed E-state index contributed by atoms with van der Waals surface area (Å²) in [6, 6.07) is 11.7. The average molecular weight is 439 g/mol. The first-order chi connectivity index (χ1) is 15.6. The van der Waals surface area contributed by atoms with Crippen LogP contribution in [0.1, 0.15) is 40.5 Å². The summed E-state index contributed by atoms with van der Waals surface area (Å²) in [5.74, 6) is 0.686. The lowest BCUT2D eigenvalue weighted by molar-refractivity contribution is 0.0526. The van der Waals surface area contributed by atoms with Gasteiger partial charge in [-0.2, -0.15) is 0 Å². The normalized spacial score (nSPS) is 17.2. The van der Waals surface area contributed by atoms with Crippen LogP contribution in [0.3, 0.4) is 0 Å². The van der Waals surface area contributed by atoms with Crippen molar-refractivity contribution in [3.63, 3.8) is 0 Å². The molecule has 32 heavy (non-hydrogen) atoms. The van der Waals surface area contributed by atoms with E-state index in [2.05, 4.69) is 15.6 Å². The third-order valence-electron chi connectivity index (χ3n) is 5.00. The minimum atomic E-state index is -0.387. The molecule has 0 saturated carbocycles. The molecule has 0 radical (unpaired) electrons. The molecule has 2 N–H and O–H groups in total. The van der Waals surface area contributed by atoms with Crippen molar-refractivity contribution >= 4 is 23.5 Å². The van der Waals surface area contributed by atoms with Crippen LogP contribution in [0.4, 0.5) is 5.69 Å². The zero-order valence-corrected chi connectivity index (χ0v) is 17.8. The molecule has 2 heterocycles. The van der Waals surface area contributed by atoms with Gasteiger partial charge in [-0.05, 0) is 62.2 Å². The molecule has 2 aliphatic heterocycles. The van der Waals surface area contributed by atoms with Crippen LogP contribution in [-0.4, -0.2) is 50.5 Å². The number of benzene rings is 2. The van der Waals surface area contributed by atoms with Gasteiger partial charge in [0.15, 0.2) is 11.5 Å². The molecule has 0 aliphatic carbocycles. The summed E-state index contributed by atoms with van der Waals surface area (Å²) in [6.07, 6.45) is 1.96. The molecule has 0 unspecified atom stereocenters. The van der Waals surface area contributed by atoms with E-state index in [9.17, 15) is 9.59 Å². The van der Waals surface area contributed by atoms with Crippen LogP contribution < -0.4 is 20.1 Å². The molecule has 9 heteroatoms. The molecule has 2 aromatic rings. The molecule has 0 spiro atoms. The second-order valence-electron chi connectivity index (χ2n) is 7.27. The van der Waals surface area contributed by atoms with E-state index in [1.807, 2.05) is 0 Å². The topological polar surface area (TPSA) is 107 Å². The molecule has 1 atom stereocenters. The molecule has 4 rings (SSSR count). The molecule has 2 aliphatic rings. The van der Waals surface area contributed by atoms with Gasteiger partial charge < -0.3 is 24.3 Å². The quantitative estimate of drug-likeness (QED) is 0.405. The molecule has 168 valence electrons. The third-order valence-corrected chi connectivity index (χ3v) is 5.00. The van der Waals surface area contributed by atoms with E-state index in [4.69, 9.17) is 18.9 Å². The zero-order valence-electron chi connectivity index (χ0n) is 17.8. The molecule has 2 aromatic carbocycles. The largest absolute Gasteiger partial charge is 0.462 e. The highest BCUT2D eigenvalue weighted by Crippen LogP contribution is 2.32. The Morgan fingerprint density at radius 1 is 1.09 bits per heavy atom. The van der Waals surface area contributed by atoms with Crippen molar-refractivity contribution in [1.82, 2.24) is 5.32 Å². The van der Waals surface area contributed by atoms with Gasteiger partial charge in [-0.3, -0.25) is 10.1 Å². The van der Waals surface area contributed by atoms with Crippen LogP contribution in [0.2, 0.25) is 0 Å². The zero-order chi connectivity index (χ0) is 22.3. The number of anilines is 1. The Balaban J connectivity index is 1.47. The number of hydrogen-bond acceptors (Lipinski definition) is 7. The minimum Gasteiger partial charge on any atom is -0.462 e. The highest BCUT2D eigenvalue weighted by molar-refractivity contribution is 6.10. The number of guanidine groups is 1. The number of carbonyl (C=O) groups is 2. The second kappa shape index (κ2) is 10.1. The fourth-order valence-electron chi connectivity index (χ4n) is 3.35. The van der Waals surface area contributed by atoms with Crippen molar-refractivity contribution in [1.29, 1.82) is 0 Å². The molecular formula is C23H25N3O6. The predicted molar refractivity (Wildman–Crippen MR) is 117 cm³/mol. The van der Waals surface area contributed by atoms with Crippen LogP contribution in [0.15, 0.2) is 47.5 Å². The number of aliphatic imine (C=N–C) groups is 1. The molecule has 0 aromatic heterocycles. The lowest BCUT2D eigenvalue weighted by Gasteiger charge is -2.14. The standard InChI is InChI=1S/C23H25N3O6/c1-2-29-22(28)15-5-8-17(9-6-15)25-23(24-13-18-4-3-11-30-18)26-21(27)16-7-10-19-20(12-16)32-14-31-19/h5-10,12,18H,2-4,11,13-14H2,1H3,(H2,24,25,26,27)/t18-/m0/s1. The number of esters is 1. The van der Waals surface area contributed by atoms with Gasteiger partial charge in [0.1, 0.15) is 0 Å². The number of nitrogens with one attached hydrogen (secondary N) is 2. The Kier molecular flexibility index (Phi) is 6.86. The van der Waals surface area contributed by atoms with Crippen molar-refractivity contribution in [2.24, 2.45) is 4.99 Å². The van der Waals surface area contributed by atoms with Crippen molar-refractivity contribution in [2.75, 3.05) is 31.9 Å². The molecular weight excluding hydrogens is 414 g/mol. The molecule has 1 fully saturated rings. The smallest absolute Gasteiger partial charge is 0.338 e. The van der Waals surface area contributed by atoms with Crippen LogP contribution in [0.5, 0.6) is 11.5 Å². The van der Waals surface area contributed by atoms with Crippen molar-refractivity contribution in [3.8, 4) is 11.5 Å². The number of nitrogens with zero attached hydrogens (tertiary/aromatic N) is 1. The maximum absolute atomic E-state index is 12.8. The Bertz CT molecular complexity index is 999. The maximum atomic E-state index is 12.8. The number of fused-ring (bicyclic) bond motifs is 1. The predicted octanol–water partition coefficient (Wildman–Crippen LogP) is 2.97. The highest BCUT2D eigenvalue weighted by Gasteiger charge is 2.19. The van der Waals surface area contributed by atoms with Gasteiger partial charge in [0.05, 0.1) is 24.8 Å². The van der Waals surface area contributed by atoms with Gasteiger partial charge in [-0.15, -0.1) is 0 Å². The Hall–Kier alpha value is -3.59. The summed E-state index contributed by atoms with van der Waals surface area (Å²) in [5.41, 5.74) is 1.52. The first-order valence-corrected chi connectivity index (χ1v) is 10.5. The number of carbonyl (C=O) groups excluding carboxylic acids is 2. The van der Waals surface area contributed by atoms with Gasteiger partial charge in [0.2, 0.25) is 12.8 Å². The number of amides is 1. The fraction of sp³-hybridized carbons (Fsp3) is 0.348. The van der Waals surface area contributed by atoms with Crippen LogP contribution >= 0.6 is 0 Å². The highest BCUT2D eigenvalue weighted by atomic mass is 16.7. The first kappa shape index (κ1) is 21.6. The van der Waals surface area contributed by atoms with Gasteiger partial charge >= 0.3 is 5.97 Å². The summed E-state index contributed by atoms with van der Waals surface area (Å²) >= 11 is 0. The number of ether oxygens (including phenoxy) is 4. The molecule has 9 nitrogen and oxygen atoms in total. The van der Waals surface area contributed by atoms with Gasteiger partial charge in [-0.1, -0.05) is 0 Å². The van der Waals surface area contributed by atoms with E-state index in [1.54, 1.807) is 49.4 Å². The SMILES string of the molecule is CCOC(=O)c1ccc(NC(=NC[C@@H]2CCCO2)NC(=O)c2ccc3c(c2)OCO3)cc1. The van der Waals surface area contributed by atoms with E-state index in [1.165, 1.54) is 0 Å². The van der Waals surface area contributed by atoms with Crippen molar-refractivity contribution < 1.29 is 28.5 Å². The summed E-state index contributed by atoms with van der Waals surface area (Å²) in [5, 5.41) is 5.92. The van der Waals surface area contributed by atoms with E-state index >= 15 is 0 Å². The lowest BCUT2D eigenvalue weighted by atomic mass is 10.2. The summed E-state index contributed by atoms with van der Waals surface area (Å²) < 4.78 is 21.3. The summed E-state index contributed by atoms with van der Waals surface area (Å²) in [7, 11) is 0. The lowest BCUT2D eigenvalue weighted by Crippen LogP contribution is -2.36. The second-order valence-corrected chi connectivity index (χ2v) is 7.27. The monoisotopic (exact) mass is 439 g/mol. The van der Waals surface area contributed by atoms with E-state index in [0.717, 1.165) is 19.4 Å². The Morgan fingerprint density at radius 2 is 1.88 bits per heavy atom. The van der Waals surface area contributed by atoms with Crippen LogP contribution in [0, 0.1) is 0 Å². The van der Waals surface area contributed by atoms with Crippen LogP contribution in [0.25, 0.3) is 0 Å². The molecule has 1 amide bonds. The maximum Gasteiger partial charge on any atom is 0.338 e. The van der Waals surface area contributed by atoms with Crippen molar-refractivity contribution in [3.05, 3.63) is 53.6 Å². The average Bonchev–Trinajstić information content (AvgIpc) is 3.49. The number of rotatable bonds is 6. The third kappa shape index (κ3) is 5.36. The number of hydrogen-bond donors (Lipinski definition) is 2. The van der Waals surface area contributed by atoms with E-state index in [-0.39, 0.29) is 30.7 Å². The van der Waals surface area contributed by atoms with Crippen LogP contribution in [-0.2, 0) is 9.47 Å². The van der Waals surface area contributed by atoms with Gasteiger partial charge in [0.25, 0.3) is 5.91 Å². The summed E-state index contributed by atoms with van der Waals surface area (Å²) in [4.78, 5) is 29.2. The van der Waals surface area contributed by atoms with E-state index in [0.29, 0.717) is 41.5 Å². The van der Waals surface area contributed by atoms with Gasteiger partial charge in [0, 0.05) is 17.9 Å². The molecule has 1 saturated heterocycles. The first-order valence-electron chi connectivity index (χ1n) is 10.5. The van der Waals surface area contributed by atoms with Gasteiger partial charge in [-0.25, -0.2) is 9.79 Å². The molecule has 0 bridgehead atoms. The minimum absolute atomic E-state index is 0.0282. The Labute approximate surface area is 185 Å². The van der Waals surface area contributed by atoms with E-state index < -0.39 is 0 Å². The summed E-state index contributed by atoms with van der Waals surface area (Å²) in [6.45, 7) is 3.35.